The molecule has 0 saturated carbocycles. The molecule has 0 saturated heterocycles. The van der Waals surface area contributed by atoms with Gasteiger partial charge in [-0.1, -0.05) is 36.4 Å². The largest absolute Gasteiger partial charge is 0.347 e. The summed E-state index contributed by atoms with van der Waals surface area (Å²) in [6.45, 7) is 4.16. The van der Waals surface area contributed by atoms with E-state index in [-0.39, 0.29) is 16.8 Å². The van der Waals surface area contributed by atoms with Gasteiger partial charge in [0.15, 0.2) is 11.2 Å². The number of hydrogen-bond donors (Lipinski definition) is 0. The fourth-order valence-corrected chi connectivity index (χ4v) is 2.90. The van der Waals surface area contributed by atoms with Crippen molar-refractivity contribution in [2.45, 2.75) is 26.8 Å². The van der Waals surface area contributed by atoms with Gasteiger partial charge in [-0.3, -0.25) is 9.59 Å². The number of fused-ring (bicyclic) bond motifs is 1. The number of pyridine rings is 1. The zero-order chi connectivity index (χ0) is 16.4. The van der Waals surface area contributed by atoms with Crippen molar-refractivity contribution < 1.29 is 4.79 Å². The zero-order valence-electron chi connectivity index (χ0n) is 13.4. The van der Waals surface area contributed by atoms with Gasteiger partial charge in [-0.25, -0.2) is 0 Å². The number of carbonyl (C=O) groups excluding carboxylic acids is 1. The minimum Gasteiger partial charge on any atom is -0.347 e. The fourth-order valence-electron chi connectivity index (χ4n) is 2.90. The standard InChI is InChI=1S/C20H19NO2/c1-3-21-13-18(14(2)22)20(23)17-12-16(9-10-19(17)21)11-15-7-5-4-6-8-15/h4-10,12-13H,3,11H2,1-2H3. The Morgan fingerprint density at radius 3 is 2.43 bits per heavy atom. The molecule has 0 N–H and O–H groups in total. The Balaban J connectivity index is 2.16. The molecule has 0 amide bonds. The van der Waals surface area contributed by atoms with Crippen LogP contribution in [0.3, 0.4) is 0 Å². The van der Waals surface area contributed by atoms with Gasteiger partial charge in [-0.05, 0) is 43.5 Å². The molecule has 0 fully saturated rings. The predicted molar refractivity (Wildman–Crippen MR) is 93.1 cm³/mol. The van der Waals surface area contributed by atoms with E-state index in [0.29, 0.717) is 5.39 Å². The number of carbonyl (C=O) groups is 1. The summed E-state index contributed by atoms with van der Waals surface area (Å²) in [6, 6.07) is 16.1. The van der Waals surface area contributed by atoms with Crippen molar-refractivity contribution >= 4 is 16.7 Å². The average molecular weight is 305 g/mol. The summed E-state index contributed by atoms with van der Waals surface area (Å²) in [6.07, 6.45) is 2.44. The molecule has 0 radical (unpaired) electrons. The first-order valence-electron chi connectivity index (χ1n) is 7.81. The molecule has 3 aromatic rings. The third-order valence-corrected chi connectivity index (χ3v) is 4.12. The van der Waals surface area contributed by atoms with Crippen LogP contribution in [0.4, 0.5) is 0 Å². The lowest BCUT2D eigenvalue weighted by molar-refractivity contribution is 0.101. The fraction of sp³-hybridized carbons (Fsp3) is 0.200. The van der Waals surface area contributed by atoms with Crippen LogP contribution < -0.4 is 5.43 Å². The van der Waals surface area contributed by atoms with Gasteiger partial charge in [0.25, 0.3) is 0 Å². The van der Waals surface area contributed by atoms with E-state index in [0.717, 1.165) is 24.0 Å². The molecule has 1 aromatic heterocycles. The van der Waals surface area contributed by atoms with Gasteiger partial charge < -0.3 is 4.57 Å². The highest BCUT2D eigenvalue weighted by Crippen LogP contribution is 2.17. The molecule has 0 aliphatic rings. The van der Waals surface area contributed by atoms with E-state index in [4.69, 9.17) is 0 Å². The molecule has 0 bridgehead atoms. The first-order valence-corrected chi connectivity index (χ1v) is 7.81. The second-order valence-electron chi connectivity index (χ2n) is 5.73. The molecule has 0 aliphatic carbocycles. The molecule has 0 aliphatic heterocycles. The van der Waals surface area contributed by atoms with E-state index in [1.165, 1.54) is 12.5 Å². The Kier molecular flexibility index (Phi) is 4.11. The summed E-state index contributed by atoms with van der Waals surface area (Å²) >= 11 is 0. The maximum atomic E-state index is 12.6. The molecular formula is C20H19NO2. The number of aryl methyl sites for hydroxylation is 1. The van der Waals surface area contributed by atoms with Gasteiger partial charge in [-0.15, -0.1) is 0 Å². The first-order chi connectivity index (χ1) is 11.1. The van der Waals surface area contributed by atoms with Gasteiger partial charge >= 0.3 is 0 Å². The van der Waals surface area contributed by atoms with Gasteiger partial charge in [0.2, 0.25) is 0 Å². The summed E-state index contributed by atoms with van der Waals surface area (Å²) in [5, 5.41) is 0.619. The average Bonchev–Trinajstić information content (AvgIpc) is 2.56. The Morgan fingerprint density at radius 2 is 1.78 bits per heavy atom. The lowest BCUT2D eigenvalue weighted by Crippen LogP contribution is -2.17. The Bertz CT molecular complexity index is 924. The van der Waals surface area contributed by atoms with Crippen molar-refractivity contribution in [3.63, 3.8) is 0 Å². The number of rotatable bonds is 4. The molecule has 2 aromatic carbocycles. The molecular weight excluding hydrogens is 286 g/mol. The quantitative estimate of drug-likeness (QED) is 0.687. The lowest BCUT2D eigenvalue weighted by Gasteiger charge is -2.12. The molecule has 23 heavy (non-hydrogen) atoms. The molecule has 0 atom stereocenters. The number of hydrogen-bond acceptors (Lipinski definition) is 2. The molecule has 116 valence electrons. The van der Waals surface area contributed by atoms with Crippen LogP contribution in [0, 0.1) is 0 Å². The molecule has 3 rings (SSSR count). The molecule has 1 heterocycles. The number of aromatic nitrogens is 1. The van der Waals surface area contributed by atoms with Crippen LogP contribution in [0.1, 0.15) is 35.3 Å². The molecule has 3 heteroatoms. The SMILES string of the molecule is CCn1cc(C(C)=O)c(=O)c2cc(Cc3ccccc3)ccc21. The van der Waals surface area contributed by atoms with Crippen molar-refractivity contribution in [1.29, 1.82) is 0 Å². The summed E-state index contributed by atoms with van der Waals surface area (Å²) in [7, 11) is 0. The van der Waals surface area contributed by atoms with Crippen molar-refractivity contribution in [1.82, 2.24) is 4.57 Å². The van der Waals surface area contributed by atoms with Crippen molar-refractivity contribution in [3.05, 3.63) is 81.6 Å². The third kappa shape index (κ3) is 2.95. The maximum Gasteiger partial charge on any atom is 0.200 e. The second kappa shape index (κ2) is 6.21. The van der Waals surface area contributed by atoms with Gasteiger partial charge in [0, 0.05) is 18.1 Å². The number of Topliss-reactive ketones (excluding diaryl/α,β-unsaturated/α-hetero) is 1. The Morgan fingerprint density at radius 1 is 1.04 bits per heavy atom. The van der Waals surface area contributed by atoms with Crippen LogP contribution in [0.5, 0.6) is 0 Å². The molecule has 3 nitrogen and oxygen atoms in total. The van der Waals surface area contributed by atoms with Crippen molar-refractivity contribution in [2.75, 3.05) is 0 Å². The van der Waals surface area contributed by atoms with E-state index in [9.17, 15) is 9.59 Å². The Hall–Kier alpha value is -2.68. The number of ketones is 1. The second-order valence-corrected chi connectivity index (χ2v) is 5.73. The van der Waals surface area contributed by atoms with E-state index in [2.05, 4.69) is 12.1 Å². The van der Waals surface area contributed by atoms with Crippen molar-refractivity contribution in [2.24, 2.45) is 0 Å². The smallest absolute Gasteiger partial charge is 0.200 e. The van der Waals surface area contributed by atoms with Crippen molar-refractivity contribution in [3.8, 4) is 0 Å². The van der Waals surface area contributed by atoms with Crippen LogP contribution in [0.15, 0.2) is 59.5 Å². The summed E-state index contributed by atoms with van der Waals surface area (Å²) < 4.78 is 1.96. The summed E-state index contributed by atoms with van der Waals surface area (Å²) in [5.41, 5.74) is 3.23. The maximum absolute atomic E-state index is 12.6. The van der Waals surface area contributed by atoms with Crippen LogP contribution >= 0.6 is 0 Å². The lowest BCUT2D eigenvalue weighted by atomic mass is 10.0. The highest BCUT2D eigenvalue weighted by Gasteiger charge is 2.12. The minimum absolute atomic E-state index is 0.174. The minimum atomic E-state index is -0.187. The predicted octanol–water partition coefficient (Wildman–Crippen LogP) is 3.81. The van der Waals surface area contributed by atoms with Gasteiger partial charge in [0.1, 0.15) is 0 Å². The van der Waals surface area contributed by atoms with Crippen LogP contribution in [-0.4, -0.2) is 10.4 Å². The van der Waals surface area contributed by atoms with Crippen LogP contribution in [-0.2, 0) is 13.0 Å². The molecule has 0 spiro atoms. The number of benzene rings is 2. The van der Waals surface area contributed by atoms with E-state index >= 15 is 0 Å². The van der Waals surface area contributed by atoms with Crippen LogP contribution in [0.2, 0.25) is 0 Å². The first kappa shape index (κ1) is 15.2. The number of nitrogens with zero attached hydrogens (tertiary/aromatic N) is 1. The zero-order valence-corrected chi connectivity index (χ0v) is 13.4. The summed E-state index contributed by atoms with van der Waals surface area (Å²) in [5.74, 6) is -0.187. The van der Waals surface area contributed by atoms with E-state index in [1.807, 2.05) is 47.9 Å². The summed E-state index contributed by atoms with van der Waals surface area (Å²) in [4.78, 5) is 24.3. The third-order valence-electron chi connectivity index (χ3n) is 4.12. The van der Waals surface area contributed by atoms with Gasteiger partial charge in [0.05, 0.1) is 11.1 Å². The highest BCUT2D eigenvalue weighted by molar-refractivity contribution is 5.97. The van der Waals surface area contributed by atoms with E-state index in [1.54, 1.807) is 6.20 Å². The molecule has 0 unspecified atom stereocenters. The topological polar surface area (TPSA) is 39.1 Å². The normalized spacial score (nSPS) is 10.9. The Labute approximate surface area is 135 Å². The highest BCUT2D eigenvalue weighted by atomic mass is 16.1. The van der Waals surface area contributed by atoms with Crippen LogP contribution in [0.25, 0.3) is 10.9 Å². The van der Waals surface area contributed by atoms with E-state index < -0.39 is 0 Å². The monoisotopic (exact) mass is 305 g/mol. The van der Waals surface area contributed by atoms with Gasteiger partial charge in [-0.2, -0.15) is 0 Å².